The van der Waals surface area contributed by atoms with E-state index in [-0.39, 0.29) is 29.8 Å². The van der Waals surface area contributed by atoms with E-state index < -0.39 is 22.7 Å². The van der Waals surface area contributed by atoms with Crippen molar-refractivity contribution < 1.29 is 28.8 Å². The van der Waals surface area contributed by atoms with E-state index in [1.54, 1.807) is 24.3 Å². The lowest BCUT2D eigenvalue weighted by atomic mass is 10.1. The molecule has 0 fully saturated rings. The van der Waals surface area contributed by atoms with Gasteiger partial charge in [-0.15, -0.1) is 0 Å². The maximum absolute atomic E-state index is 12.5. The fourth-order valence-corrected chi connectivity index (χ4v) is 3.37. The van der Waals surface area contributed by atoms with Crippen molar-refractivity contribution in [3.8, 4) is 11.5 Å². The number of esters is 1. The van der Waals surface area contributed by atoms with Crippen LogP contribution in [0.5, 0.6) is 11.5 Å². The minimum Gasteiger partial charge on any atom is -0.490 e. The lowest BCUT2D eigenvalue weighted by Gasteiger charge is -2.13. The summed E-state index contributed by atoms with van der Waals surface area (Å²) >= 11 is 0. The number of rotatable bonds is 10. The molecule has 0 aromatic heterocycles. The standard InChI is InChI=1S/C22H22N2O7/c1-2-30-17-11-5-6-12-18(17)31-19(25)13-4-3-7-14-23-21(26)15-9-8-10-16(24(28)29)20(15)22(23)27/h5-6,8-12H,2-4,7,13-14H2,1H3. The van der Waals surface area contributed by atoms with Gasteiger partial charge in [-0.2, -0.15) is 0 Å². The van der Waals surface area contributed by atoms with Crippen molar-refractivity contribution in [2.24, 2.45) is 0 Å². The number of fused-ring (bicyclic) bond motifs is 1. The maximum atomic E-state index is 12.5. The molecule has 1 aliphatic heterocycles. The highest BCUT2D eigenvalue weighted by Crippen LogP contribution is 2.31. The Kier molecular flexibility index (Phi) is 6.96. The molecule has 0 saturated carbocycles. The Morgan fingerprint density at radius 2 is 1.74 bits per heavy atom. The summed E-state index contributed by atoms with van der Waals surface area (Å²) in [5, 5.41) is 11.1. The molecule has 0 aliphatic carbocycles. The Hall–Kier alpha value is -3.75. The van der Waals surface area contributed by atoms with Crippen molar-refractivity contribution in [1.82, 2.24) is 4.90 Å². The van der Waals surface area contributed by atoms with Crippen molar-refractivity contribution in [3.05, 3.63) is 63.7 Å². The highest BCUT2D eigenvalue weighted by atomic mass is 16.6. The first-order valence-electron chi connectivity index (χ1n) is 10.00. The Balaban J connectivity index is 1.47. The van der Waals surface area contributed by atoms with E-state index in [9.17, 15) is 24.5 Å². The van der Waals surface area contributed by atoms with E-state index in [0.29, 0.717) is 37.4 Å². The minimum atomic E-state index is -0.664. The summed E-state index contributed by atoms with van der Waals surface area (Å²) in [6.45, 7) is 2.42. The molecule has 1 aliphatic rings. The molecule has 0 radical (unpaired) electrons. The minimum absolute atomic E-state index is 0.0516. The van der Waals surface area contributed by atoms with Crippen LogP contribution in [0.4, 0.5) is 5.69 Å². The summed E-state index contributed by atoms with van der Waals surface area (Å²) in [7, 11) is 0. The van der Waals surface area contributed by atoms with Crippen LogP contribution in [0, 0.1) is 10.1 Å². The monoisotopic (exact) mass is 426 g/mol. The van der Waals surface area contributed by atoms with Crippen molar-refractivity contribution in [1.29, 1.82) is 0 Å². The van der Waals surface area contributed by atoms with Gasteiger partial charge in [-0.05, 0) is 38.0 Å². The number of nitro groups is 1. The van der Waals surface area contributed by atoms with Crippen molar-refractivity contribution in [2.75, 3.05) is 13.2 Å². The number of carbonyl (C=O) groups is 3. The molecule has 31 heavy (non-hydrogen) atoms. The molecule has 0 spiro atoms. The molecule has 2 aromatic rings. The summed E-state index contributed by atoms with van der Waals surface area (Å²) in [5.74, 6) is -0.724. The van der Waals surface area contributed by atoms with E-state index >= 15 is 0 Å². The van der Waals surface area contributed by atoms with Crippen molar-refractivity contribution in [2.45, 2.75) is 32.6 Å². The number of nitrogens with zero attached hydrogens (tertiary/aromatic N) is 2. The van der Waals surface area contributed by atoms with Gasteiger partial charge < -0.3 is 9.47 Å². The number of carbonyl (C=O) groups excluding carboxylic acids is 3. The summed E-state index contributed by atoms with van der Waals surface area (Å²) in [6.07, 6.45) is 1.74. The Labute approximate surface area is 178 Å². The highest BCUT2D eigenvalue weighted by molar-refractivity contribution is 6.23. The van der Waals surface area contributed by atoms with Gasteiger partial charge in [-0.1, -0.05) is 24.6 Å². The van der Waals surface area contributed by atoms with Crippen LogP contribution in [0.1, 0.15) is 53.3 Å². The molecule has 2 amide bonds. The molecule has 0 bridgehead atoms. The fourth-order valence-electron chi connectivity index (χ4n) is 3.37. The zero-order valence-electron chi connectivity index (χ0n) is 17.0. The highest BCUT2D eigenvalue weighted by Gasteiger charge is 2.40. The number of para-hydroxylation sites is 2. The molecule has 3 rings (SSSR count). The molecule has 0 N–H and O–H groups in total. The molecule has 0 unspecified atom stereocenters. The lowest BCUT2D eigenvalue weighted by molar-refractivity contribution is -0.385. The first kappa shape index (κ1) is 21.9. The van der Waals surface area contributed by atoms with Crippen LogP contribution >= 0.6 is 0 Å². The van der Waals surface area contributed by atoms with E-state index in [1.165, 1.54) is 18.2 Å². The molecule has 162 valence electrons. The van der Waals surface area contributed by atoms with Crippen LogP contribution in [0.25, 0.3) is 0 Å². The SMILES string of the molecule is CCOc1ccccc1OC(=O)CCCCCN1C(=O)c2cccc([N+](=O)[O-])c2C1=O. The van der Waals surface area contributed by atoms with Gasteiger partial charge in [0.1, 0.15) is 5.56 Å². The summed E-state index contributed by atoms with van der Waals surface area (Å²) < 4.78 is 10.8. The van der Waals surface area contributed by atoms with Crippen LogP contribution < -0.4 is 9.47 Å². The number of hydrogen-bond donors (Lipinski definition) is 0. The average Bonchev–Trinajstić information content (AvgIpc) is 2.99. The van der Waals surface area contributed by atoms with Crippen LogP contribution in [0.2, 0.25) is 0 Å². The summed E-state index contributed by atoms with van der Waals surface area (Å²) in [5.41, 5.74) is -0.474. The number of unbranched alkanes of at least 4 members (excludes halogenated alkanes) is 2. The number of benzene rings is 2. The number of hydrogen-bond acceptors (Lipinski definition) is 7. The van der Waals surface area contributed by atoms with Gasteiger partial charge in [-0.3, -0.25) is 29.4 Å². The molecular weight excluding hydrogens is 404 g/mol. The smallest absolute Gasteiger partial charge is 0.311 e. The molecule has 9 heteroatoms. The molecule has 0 atom stereocenters. The fraction of sp³-hybridized carbons (Fsp3) is 0.318. The third-order valence-electron chi connectivity index (χ3n) is 4.81. The summed E-state index contributed by atoms with van der Waals surface area (Å²) in [4.78, 5) is 48.5. The van der Waals surface area contributed by atoms with Gasteiger partial charge in [0, 0.05) is 19.0 Å². The first-order valence-corrected chi connectivity index (χ1v) is 10.00. The lowest BCUT2D eigenvalue weighted by Crippen LogP contribution is -2.30. The van der Waals surface area contributed by atoms with Crippen LogP contribution in [-0.4, -0.2) is 40.8 Å². The topological polar surface area (TPSA) is 116 Å². The molecule has 0 saturated heterocycles. The average molecular weight is 426 g/mol. The second-order valence-electron chi connectivity index (χ2n) is 6.88. The van der Waals surface area contributed by atoms with Crippen molar-refractivity contribution >= 4 is 23.5 Å². The quantitative estimate of drug-likeness (QED) is 0.142. The van der Waals surface area contributed by atoms with Gasteiger partial charge in [0.2, 0.25) is 0 Å². The van der Waals surface area contributed by atoms with Crippen LogP contribution in [0.15, 0.2) is 42.5 Å². The predicted molar refractivity (Wildman–Crippen MR) is 110 cm³/mol. The number of ether oxygens (including phenoxy) is 2. The number of amides is 2. The van der Waals surface area contributed by atoms with Gasteiger partial charge >= 0.3 is 5.97 Å². The van der Waals surface area contributed by atoms with Gasteiger partial charge in [-0.25, -0.2) is 0 Å². The third-order valence-corrected chi connectivity index (χ3v) is 4.81. The second-order valence-corrected chi connectivity index (χ2v) is 6.88. The van der Waals surface area contributed by atoms with Gasteiger partial charge in [0.25, 0.3) is 17.5 Å². The first-order chi connectivity index (χ1) is 14.9. The Morgan fingerprint density at radius 3 is 2.45 bits per heavy atom. The van der Waals surface area contributed by atoms with E-state index in [2.05, 4.69) is 0 Å². The zero-order valence-corrected chi connectivity index (χ0v) is 17.0. The molecule has 2 aromatic carbocycles. The Bertz CT molecular complexity index is 1020. The normalized spacial score (nSPS) is 12.6. The van der Waals surface area contributed by atoms with Gasteiger partial charge in [0.05, 0.1) is 17.1 Å². The van der Waals surface area contributed by atoms with E-state index in [4.69, 9.17) is 9.47 Å². The van der Waals surface area contributed by atoms with Crippen molar-refractivity contribution in [3.63, 3.8) is 0 Å². The van der Waals surface area contributed by atoms with Crippen LogP contribution in [-0.2, 0) is 4.79 Å². The van der Waals surface area contributed by atoms with Gasteiger partial charge in [0.15, 0.2) is 11.5 Å². The Morgan fingerprint density at radius 1 is 1.00 bits per heavy atom. The molecule has 1 heterocycles. The zero-order chi connectivity index (χ0) is 22.4. The third kappa shape index (κ3) is 4.88. The maximum Gasteiger partial charge on any atom is 0.311 e. The number of imide groups is 1. The molecular formula is C22H22N2O7. The largest absolute Gasteiger partial charge is 0.490 e. The second kappa shape index (κ2) is 9.84. The van der Waals surface area contributed by atoms with Crippen LogP contribution in [0.3, 0.4) is 0 Å². The number of nitro benzene ring substituents is 1. The van der Waals surface area contributed by atoms with E-state index in [1.807, 2.05) is 6.92 Å². The predicted octanol–water partition coefficient (Wildman–Crippen LogP) is 3.76. The molecule has 9 nitrogen and oxygen atoms in total. The summed E-state index contributed by atoms with van der Waals surface area (Å²) in [6, 6.07) is 10.9. The van der Waals surface area contributed by atoms with E-state index in [0.717, 1.165) is 4.90 Å².